The molecule has 0 aromatic rings. The van der Waals surface area contributed by atoms with Crippen LogP contribution in [-0.2, 0) is 0 Å². The fraction of sp³-hybridized carbons (Fsp3) is 1.00. The summed E-state index contributed by atoms with van der Waals surface area (Å²) in [6.07, 6.45) is 30.2. The summed E-state index contributed by atoms with van der Waals surface area (Å²) in [4.78, 5) is 2.80. The van der Waals surface area contributed by atoms with Gasteiger partial charge in [0.25, 0.3) is 0 Å². The molecular formula is C30H65N2+. The Morgan fingerprint density at radius 1 is 0.375 bits per heavy atom. The van der Waals surface area contributed by atoms with E-state index in [0.717, 1.165) is 4.48 Å². The van der Waals surface area contributed by atoms with E-state index < -0.39 is 0 Å². The summed E-state index contributed by atoms with van der Waals surface area (Å²) in [6, 6.07) is 0. The predicted molar refractivity (Wildman–Crippen MR) is 148 cm³/mol. The third-order valence-corrected chi connectivity index (χ3v) is 6.96. The summed E-state index contributed by atoms with van der Waals surface area (Å²) >= 11 is 0. The number of hydrogen-bond acceptors (Lipinski definition) is 1. The SMILES string of the molecule is CCCCCCCCCCCCN(CCCCCCCCCCCC)CCC[N+](C)(C)C. The van der Waals surface area contributed by atoms with E-state index in [2.05, 4.69) is 39.9 Å². The van der Waals surface area contributed by atoms with Crippen molar-refractivity contribution in [2.45, 2.75) is 149 Å². The minimum Gasteiger partial charge on any atom is -0.331 e. The van der Waals surface area contributed by atoms with Crippen molar-refractivity contribution in [1.29, 1.82) is 0 Å². The van der Waals surface area contributed by atoms with Crippen molar-refractivity contribution in [1.82, 2.24) is 4.90 Å². The third kappa shape index (κ3) is 26.2. The van der Waals surface area contributed by atoms with Crippen molar-refractivity contribution >= 4 is 0 Å². The van der Waals surface area contributed by atoms with Crippen molar-refractivity contribution in [3.63, 3.8) is 0 Å². The van der Waals surface area contributed by atoms with E-state index in [1.165, 1.54) is 161 Å². The molecule has 0 aliphatic heterocycles. The first-order chi connectivity index (χ1) is 15.5. The summed E-state index contributed by atoms with van der Waals surface area (Å²) in [7, 11) is 6.98. The van der Waals surface area contributed by atoms with Crippen LogP contribution in [0.1, 0.15) is 149 Å². The average Bonchev–Trinajstić information content (AvgIpc) is 2.75. The molecule has 194 valence electrons. The predicted octanol–water partition coefficient (Wildman–Crippen LogP) is 9.23. The van der Waals surface area contributed by atoms with Gasteiger partial charge in [-0.1, -0.05) is 129 Å². The zero-order valence-electron chi connectivity index (χ0n) is 23.6. The summed E-state index contributed by atoms with van der Waals surface area (Å²) in [6.45, 7) is 9.90. The molecule has 0 amide bonds. The molecule has 0 unspecified atom stereocenters. The molecule has 0 bridgehead atoms. The Labute approximate surface area is 205 Å². The number of hydrogen-bond donors (Lipinski definition) is 0. The summed E-state index contributed by atoms with van der Waals surface area (Å²) < 4.78 is 1.10. The molecule has 0 aliphatic carbocycles. The van der Waals surface area contributed by atoms with Crippen molar-refractivity contribution < 1.29 is 4.48 Å². The van der Waals surface area contributed by atoms with Gasteiger partial charge in [0.05, 0.1) is 27.7 Å². The first-order valence-corrected chi connectivity index (χ1v) is 15.0. The maximum atomic E-state index is 2.80. The zero-order valence-corrected chi connectivity index (χ0v) is 23.6. The van der Waals surface area contributed by atoms with Gasteiger partial charge < -0.3 is 9.38 Å². The number of unbranched alkanes of at least 4 members (excludes halogenated alkanes) is 18. The van der Waals surface area contributed by atoms with Crippen LogP contribution in [0.2, 0.25) is 0 Å². The first-order valence-electron chi connectivity index (χ1n) is 15.0. The lowest BCUT2D eigenvalue weighted by Gasteiger charge is -2.27. The largest absolute Gasteiger partial charge is 0.331 e. The van der Waals surface area contributed by atoms with Crippen LogP contribution in [0.25, 0.3) is 0 Å². The highest BCUT2D eigenvalue weighted by Gasteiger charge is 2.10. The van der Waals surface area contributed by atoms with Crippen LogP contribution in [-0.4, -0.2) is 56.7 Å². The highest BCUT2D eigenvalue weighted by atomic mass is 15.3. The van der Waals surface area contributed by atoms with Crippen LogP contribution in [0.4, 0.5) is 0 Å². The van der Waals surface area contributed by atoms with Crippen LogP contribution in [0.5, 0.6) is 0 Å². The summed E-state index contributed by atoms with van der Waals surface area (Å²) in [5.41, 5.74) is 0. The van der Waals surface area contributed by atoms with Gasteiger partial charge in [0.15, 0.2) is 0 Å². The zero-order chi connectivity index (χ0) is 23.8. The van der Waals surface area contributed by atoms with Gasteiger partial charge in [0, 0.05) is 13.0 Å². The van der Waals surface area contributed by atoms with Gasteiger partial charge in [-0.2, -0.15) is 0 Å². The second-order valence-corrected chi connectivity index (χ2v) is 11.6. The lowest BCUT2D eigenvalue weighted by Crippen LogP contribution is -2.38. The Morgan fingerprint density at radius 2 is 0.656 bits per heavy atom. The second kappa shape index (κ2) is 24.1. The monoisotopic (exact) mass is 454 g/mol. The molecule has 0 aliphatic rings. The fourth-order valence-electron chi connectivity index (χ4n) is 4.75. The van der Waals surface area contributed by atoms with Crippen LogP contribution in [0.15, 0.2) is 0 Å². The lowest BCUT2D eigenvalue weighted by molar-refractivity contribution is -0.870. The lowest BCUT2D eigenvalue weighted by atomic mass is 10.1. The first kappa shape index (κ1) is 31.9. The van der Waals surface area contributed by atoms with Crippen molar-refractivity contribution in [3.05, 3.63) is 0 Å². The van der Waals surface area contributed by atoms with Gasteiger partial charge in [-0.25, -0.2) is 0 Å². The van der Waals surface area contributed by atoms with Gasteiger partial charge in [-0.15, -0.1) is 0 Å². The van der Waals surface area contributed by atoms with E-state index in [4.69, 9.17) is 0 Å². The molecule has 0 radical (unpaired) electrons. The van der Waals surface area contributed by atoms with Gasteiger partial charge in [-0.05, 0) is 25.9 Å². The van der Waals surface area contributed by atoms with E-state index >= 15 is 0 Å². The van der Waals surface area contributed by atoms with E-state index in [0.29, 0.717) is 0 Å². The number of nitrogens with zero attached hydrogens (tertiary/aromatic N) is 2. The van der Waals surface area contributed by atoms with E-state index in [-0.39, 0.29) is 0 Å². The molecule has 0 spiro atoms. The molecule has 2 heteroatoms. The Balaban J connectivity index is 3.81. The van der Waals surface area contributed by atoms with Crippen LogP contribution < -0.4 is 0 Å². The van der Waals surface area contributed by atoms with Crippen molar-refractivity contribution in [2.24, 2.45) is 0 Å². The van der Waals surface area contributed by atoms with E-state index in [9.17, 15) is 0 Å². The quantitative estimate of drug-likeness (QED) is 0.0931. The molecular weight excluding hydrogens is 388 g/mol. The topological polar surface area (TPSA) is 3.24 Å². The highest BCUT2D eigenvalue weighted by molar-refractivity contribution is 4.60. The molecule has 0 aromatic heterocycles. The normalized spacial score (nSPS) is 12.2. The van der Waals surface area contributed by atoms with Crippen molar-refractivity contribution in [2.75, 3.05) is 47.3 Å². The Bertz CT molecular complexity index is 323. The number of quaternary nitrogens is 1. The molecule has 0 atom stereocenters. The van der Waals surface area contributed by atoms with Crippen molar-refractivity contribution in [3.8, 4) is 0 Å². The fourth-order valence-corrected chi connectivity index (χ4v) is 4.75. The van der Waals surface area contributed by atoms with Gasteiger partial charge in [0.1, 0.15) is 0 Å². The van der Waals surface area contributed by atoms with Crippen LogP contribution in [0, 0.1) is 0 Å². The highest BCUT2D eigenvalue weighted by Crippen LogP contribution is 2.13. The maximum absolute atomic E-state index is 2.80. The van der Waals surface area contributed by atoms with E-state index in [1.54, 1.807) is 0 Å². The van der Waals surface area contributed by atoms with Gasteiger partial charge >= 0.3 is 0 Å². The molecule has 0 rings (SSSR count). The average molecular weight is 454 g/mol. The smallest absolute Gasteiger partial charge is 0.0792 e. The van der Waals surface area contributed by atoms with Gasteiger partial charge in [-0.3, -0.25) is 0 Å². The van der Waals surface area contributed by atoms with Gasteiger partial charge in [0.2, 0.25) is 0 Å². The van der Waals surface area contributed by atoms with Crippen LogP contribution >= 0.6 is 0 Å². The number of rotatable bonds is 26. The Hall–Kier alpha value is -0.0800. The molecule has 0 saturated heterocycles. The molecule has 0 saturated carbocycles. The third-order valence-electron chi connectivity index (χ3n) is 6.96. The summed E-state index contributed by atoms with van der Waals surface area (Å²) in [5, 5.41) is 0. The molecule has 0 N–H and O–H groups in total. The van der Waals surface area contributed by atoms with Crippen LogP contribution in [0.3, 0.4) is 0 Å². The molecule has 32 heavy (non-hydrogen) atoms. The molecule has 2 nitrogen and oxygen atoms in total. The molecule has 0 heterocycles. The molecule has 0 aromatic carbocycles. The maximum Gasteiger partial charge on any atom is 0.0792 e. The minimum atomic E-state index is 1.10. The second-order valence-electron chi connectivity index (χ2n) is 11.6. The summed E-state index contributed by atoms with van der Waals surface area (Å²) in [5.74, 6) is 0. The molecule has 0 fully saturated rings. The van der Waals surface area contributed by atoms with E-state index in [1.807, 2.05) is 0 Å². The Kier molecular flexibility index (Phi) is 24.0. The minimum absolute atomic E-state index is 1.10. The Morgan fingerprint density at radius 3 is 0.969 bits per heavy atom. The standard InChI is InChI=1S/C30H65N2/c1-6-8-10-12-14-16-18-20-22-24-27-31(29-26-30-32(3,4)5)28-25-23-21-19-17-15-13-11-9-7-2/h6-30H2,1-5H3/q+1.